The van der Waals surface area contributed by atoms with Gasteiger partial charge in [-0.05, 0) is 12.3 Å². The second-order valence-corrected chi connectivity index (χ2v) is 5.29. The van der Waals surface area contributed by atoms with E-state index in [1.807, 2.05) is 7.05 Å². The van der Waals surface area contributed by atoms with Crippen molar-refractivity contribution < 1.29 is 4.79 Å². The van der Waals surface area contributed by atoms with Crippen LogP contribution in [0.5, 0.6) is 0 Å². The first-order chi connectivity index (χ1) is 10.1. The van der Waals surface area contributed by atoms with Crippen LogP contribution in [0.1, 0.15) is 38.6 Å². The molecule has 0 unspecified atom stereocenters. The molecule has 0 spiro atoms. The summed E-state index contributed by atoms with van der Waals surface area (Å²) in [5.74, 6) is 1.03. The van der Waals surface area contributed by atoms with Crippen LogP contribution in [0.25, 0.3) is 0 Å². The third-order valence-corrected chi connectivity index (χ3v) is 3.27. The fraction of sp³-hybridized carbons (Fsp3) is 0.615. The number of rotatable bonds is 7. The average molecular weight is 291 g/mol. The Morgan fingerprint density at radius 1 is 1.33 bits per heavy atom. The van der Waals surface area contributed by atoms with Crippen LogP contribution in [0.2, 0.25) is 0 Å². The highest BCUT2D eigenvalue weighted by molar-refractivity contribution is 5.76. The van der Waals surface area contributed by atoms with Crippen LogP contribution in [0.15, 0.2) is 19.0 Å². The number of nitrogens with zero attached hydrogens (tertiary/aromatic N) is 6. The van der Waals surface area contributed by atoms with Crippen LogP contribution in [0.4, 0.5) is 0 Å². The second kappa shape index (κ2) is 6.96. The molecule has 2 rings (SSSR count). The van der Waals surface area contributed by atoms with Crippen LogP contribution in [-0.2, 0) is 18.4 Å². The highest BCUT2D eigenvalue weighted by atomic mass is 16.1. The third kappa shape index (κ3) is 4.11. The van der Waals surface area contributed by atoms with Crippen molar-refractivity contribution >= 4 is 5.91 Å². The molecule has 0 radical (unpaired) electrons. The van der Waals surface area contributed by atoms with E-state index in [2.05, 4.69) is 39.3 Å². The monoisotopic (exact) mass is 291 g/mol. The van der Waals surface area contributed by atoms with E-state index in [1.165, 1.54) is 12.7 Å². The first-order valence-electron chi connectivity index (χ1n) is 7.03. The van der Waals surface area contributed by atoms with Gasteiger partial charge >= 0.3 is 0 Å². The lowest BCUT2D eigenvalue weighted by atomic mass is 10.0. The molecular formula is C13H21N7O. The lowest BCUT2D eigenvalue weighted by Gasteiger charge is -2.21. The van der Waals surface area contributed by atoms with Crippen molar-refractivity contribution in [2.45, 2.75) is 39.3 Å². The summed E-state index contributed by atoms with van der Waals surface area (Å²) in [6.45, 7) is 4.79. The van der Waals surface area contributed by atoms with E-state index in [-0.39, 0.29) is 17.9 Å². The minimum Gasteiger partial charge on any atom is -0.346 e. The number of amides is 1. The Bertz CT molecular complexity index is 561. The van der Waals surface area contributed by atoms with Gasteiger partial charge in [-0.15, -0.1) is 0 Å². The van der Waals surface area contributed by atoms with E-state index >= 15 is 0 Å². The Balaban J connectivity index is 1.85. The molecule has 2 heterocycles. The van der Waals surface area contributed by atoms with Gasteiger partial charge < -0.3 is 5.32 Å². The molecule has 1 amide bonds. The second-order valence-electron chi connectivity index (χ2n) is 5.29. The number of aromatic nitrogens is 6. The first-order valence-corrected chi connectivity index (χ1v) is 7.03. The van der Waals surface area contributed by atoms with E-state index < -0.39 is 0 Å². The maximum absolute atomic E-state index is 12.1. The summed E-state index contributed by atoms with van der Waals surface area (Å²) in [4.78, 5) is 20.2. The molecule has 1 N–H and O–H groups in total. The van der Waals surface area contributed by atoms with Crippen molar-refractivity contribution in [1.82, 2.24) is 34.8 Å². The van der Waals surface area contributed by atoms with E-state index in [4.69, 9.17) is 0 Å². The van der Waals surface area contributed by atoms with E-state index in [0.717, 1.165) is 12.2 Å². The molecule has 0 saturated carbocycles. The molecule has 1 atom stereocenters. The lowest BCUT2D eigenvalue weighted by molar-refractivity contribution is -0.122. The standard InChI is InChI=1S/C13H21N7O/c1-10(2)12(13-15-8-16-19(13)3)18-11(21)5-4-6-20-9-14-7-17-20/h7-10,12H,4-6H2,1-3H3,(H,18,21)/t12-/m0/s1. The molecule has 0 aliphatic heterocycles. The molecule has 0 bridgehead atoms. The van der Waals surface area contributed by atoms with Crippen molar-refractivity contribution in [2.24, 2.45) is 13.0 Å². The number of nitrogens with one attached hydrogen (secondary N) is 1. The number of hydrogen-bond acceptors (Lipinski definition) is 5. The van der Waals surface area contributed by atoms with Crippen LogP contribution in [0, 0.1) is 5.92 Å². The van der Waals surface area contributed by atoms with Gasteiger partial charge in [-0.3, -0.25) is 14.2 Å². The summed E-state index contributed by atoms with van der Waals surface area (Å²) in [5, 5.41) is 11.1. The summed E-state index contributed by atoms with van der Waals surface area (Å²) in [5.41, 5.74) is 0. The Kier molecular flexibility index (Phi) is 5.02. The van der Waals surface area contributed by atoms with Gasteiger partial charge in [-0.1, -0.05) is 13.8 Å². The van der Waals surface area contributed by atoms with Gasteiger partial charge in [-0.25, -0.2) is 9.97 Å². The number of carbonyl (C=O) groups is 1. The zero-order valence-electron chi connectivity index (χ0n) is 12.6. The van der Waals surface area contributed by atoms with Gasteiger partial charge in [0.05, 0.1) is 6.04 Å². The molecule has 0 fully saturated rings. The van der Waals surface area contributed by atoms with Gasteiger partial charge in [0.15, 0.2) is 0 Å². The van der Waals surface area contributed by atoms with Gasteiger partial charge in [0.1, 0.15) is 24.8 Å². The number of carbonyl (C=O) groups excluding carboxylic acids is 1. The molecule has 0 aliphatic carbocycles. The van der Waals surface area contributed by atoms with Crippen molar-refractivity contribution in [3.63, 3.8) is 0 Å². The van der Waals surface area contributed by atoms with E-state index in [0.29, 0.717) is 13.0 Å². The summed E-state index contributed by atoms with van der Waals surface area (Å²) in [7, 11) is 1.83. The molecule has 114 valence electrons. The normalized spacial score (nSPS) is 12.6. The Morgan fingerprint density at radius 3 is 2.71 bits per heavy atom. The largest absolute Gasteiger partial charge is 0.346 e. The average Bonchev–Trinajstić information content (AvgIpc) is 3.07. The van der Waals surface area contributed by atoms with Crippen LogP contribution >= 0.6 is 0 Å². The third-order valence-electron chi connectivity index (χ3n) is 3.27. The number of hydrogen-bond donors (Lipinski definition) is 1. The van der Waals surface area contributed by atoms with E-state index in [9.17, 15) is 4.79 Å². The van der Waals surface area contributed by atoms with Crippen molar-refractivity contribution in [2.75, 3.05) is 0 Å². The predicted octanol–water partition coefficient (Wildman–Crippen LogP) is 0.700. The quantitative estimate of drug-likeness (QED) is 0.811. The van der Waals surface area contributed by atoms with Crippen LogP contribution < -0.4 is 5.32 Å². The van der Waals surface area contributed by atoms with Gasteiger partial charge in [0, 0.05) is 20.0 Å². The maximum atomic E-state index is 12.1. The predicted molar refractivity (Wildman–Crippen MR) is 76.0 cm³/mol. The Labute approximate surface area is 123 Å². The molecule has 8 heteroatoms. The summed E-state index contributed by atoms with van der Waals surface area (Å²) >= 11 is 0. The van der Waals surface area contributed by atoms with Crippen LogP contribution in [0.3, 0.4) is 0 Å². The molecular weight excluding hydrogens is 270 g/mol. The van der Waals surface area contributed by atoms with Gasteiger partial charge in [0.25, 0.3) is 0 Å². The van der Waals surface area contributed by atoms with Crippen molar-refractivity contribution in [3.05, 3.63) is 24.8 Å². The number of aryl methyl sites for hydroxylation is 2. The minimum atomic E-state index is -0.128. The lowest BCUT2D eigenvalue weighted by Crippen LogP contribution is -2.33. The molecule has 0 saturated heterocycles. The van der Waals surface area contributed by atoms with Crippen LogP contribution in [-0.4, -0.2) is 35.4 Å². The Morgan fingerprint density at radius 2 is 2.14 bits per heavy atom. The summed E-state index contributed by atoms with van der Waals surface area (Å²) in [6.07, 6.45) is 5.80. The molecule has 2 aromatic heterocycles. The smallest absolute Gasteiger partial charge is 0.220 e. The molecule has 8 nitrogen and oxygen atoms in total. The fourth-order valence-electron chi connectivity index (χ4n) is 2.11. The molecule has 0 aliphatic rings. The van der Waals surface area contributed by atoms with Gasteiger partial charge in [0.2, 0.25) is 5.91 Å². The highest BCUT2D eigenvalue weighted by Gasteiger charge is 2.22. The summed E-state index contributed by atoms with van der Waals surface area (Å²) in [6, 6.07) is -0.128. The maximum Gasteiger partial charge on any atom is 0.220 e. The SMILES string of the molecule is CC(C)[C@H](NC(=O)CCCn1cncn1)c1ncnn1C. The summed E-state index contributed by atoms with van der Waals surface area (Å²) < 4.78 is 3.41. The van der Waals surface area contributed by atoms with Gasteiger partial charge in [-0.2, -0.15) is 10.2 Å². The zero-order chi connectivity index (χ0) is 15.2. The molecule has 21 heavy (non-hydrogen) atoms. The topological polar surface area (TPSA) is 90.5 Å². The molecule has 0 aromatic carbocycles. The Hall–Kier alpha value is -2.25. The first kappa shape index (κ1) is 15.1. The highest BCUT2D eigenvalue weighted by Crippen LogP contribution is 2.19. The fourth-order valence-corrected chi connectivity index (χ4v) is 2.11. The van der Waals surface area contributed by atoms with Crippen molar-refractivity contribution in [1.29, 1.82) is 0 Å². The zero-order valence-corrected chi connectivity index (χ0v) is 12.6. The molecule has 2 aromatic rings. The van der Waals surface area contributed by atoms with Crippen molar-refractivity contribution in [3.8, 4) is 0 Å². The van der Waals surface area contributed by atoms with E-state index in [1.54, 1.807) is 15.7 Å². The minimum absolute atomic E-state index is 0.0109.